The van der Waals surface area contributed by atoms with Gasteiger partial charge in [0, 0.05) is 43.9 Å². The zero-order valence-corrected chi connectivity index (χ0v) is 36.7. The molecule has 0 N–H and O–H groups in total. The first-order chi connectivity index (χ1) is 30.8. The standard InChI is InChI=1S/C59H42BNOS/c1-33-26-35(3)57(36(4)27-33)60-50-32-47-43-19-13-22-52-56(43)48(31-46(47)42-17-11-18-44(55(42)50)49-29-34(2)28-37(5)58(49)60)40-25-24-39(30-53(40)62-52)61(38-14-7-6-8-15-38)51-21-12-20-45-41-16-9-10-23-54(41)63-59(45)51/h6-32H,1-5H3. The number of hydrogen-bond acceptors (Lipinski definition) is 3. The van der Waals surface area contributed by atoms with Crippen molar-refractivity contribution in [2.24, 2.45) is 0 Å². The Balaban J connectivity index is 1.06. The SMILES string of the molecule is Cc1cc(C)c(B2c3c(C)cc(C)cc3-c3cccc4c3c2cc2c3cccc5c3c(cc42)-c2ccc(N(c3ccccc3)c3cccc4c3sc3ccccc34)cc2O5)c(C)c1. The lowest BCUT2D eigenvalue weighted by Crippen LogP contribution is -2.57. The van der Waals surface area contributed by atoms with Gasteiger partial charge in [-0.1, -0.05) is 153 Å². The molecule has 3 heterocycles. The highest BCUT2D eigenvalue weighted by molar-refractivity contribution is 7.26. The monoisotopic (exact) mass is 823 g/mol. The van der Waals surface area contributed by atoms with E-state index in [0.29, 0.717) is 0 Å². The first-order valence-corrected chi connectivity index (χ1v) is 22.8. The highest BCUT2D eigenvalue weighted by Gasteiger charge is 2.36. The molecule has 0 saturated carbocycles. The molecule has 0 amide bonds. The second-order valence-corrected chi connectivity index (χ2v) is 18.9. The third kappa shape index (κ3) is 5.25. The van der Waals surface area contributed by atoms with Gasteiger partial charge < -0.3 is 9.64 Å². The van der Waals surface area contributed by atoms with Crippen LogP contribution in [0, 0.1) is 34.6 Å². The third-order valence-corrected chi connectivity index (χ3v) is 15.1. The first-order valence-electron chi connectivity index (χ1n) is 22.0. The van der Waals surface area contributed by atoms with Gasteiger partial charge in [-0.2, -0.15) is 0 Å². The molecule has 2 aliphatic rings. The molecule has 10 aromatic carbocycles. The molecular formula is C59H42BNOS. The molecule has 2 aliphatic heterocycles. The Hall–Kier alpha value is -7.14. The highest BCUT2D eigenvalue weighted by atomic mass is 32.1. The van der Waals surface area contributed by atoms with Crippen LogP contribution in [0.5, 0.6) is 11.5 Å². The molecule has 0 saturated heterocycles. The van der Waals surface area contributed by atoms with E-state index in [1.54, 1.807) is 0 Å². The lowest BCUT2D eigenvalue weighted by molar-refractivity contribution is 0.487. The van der Waals surface area contributed by atoms with Gasteiger partial charge in [0.15, 0.2) is 0 Å². The summed E-state index contributed by atoms with van der Waals surface area (Å²) < 4.78 is 9.61. The van der Waals surface area contributed by atoms with Gasteiger partial charge >= 0.3 is 0 Å². The molecule has 0 spiro atoms. The van der Waals surface area contributed by atoms with Crippen LogP contribution in [0.4, 0.5) is 17.1 Å². The lowest BCUT2D eigenvalue weighted by atomic mass is 9.32. The summed E-state index contributed by atoms with van der Waals surface area (Å²) in [4.78, 5) is 2.39. The maximum atomic E-state index is 7.05. The van der Waals surface area contributed by atoms with Gasteiger partial charge in [-0.3, -0.25) is 0 Å². The van der Waals surface area contributed by atoms with E-state index in [1.807, 2.05) is 11.3 Å². The summed E-state index contributed by atoms with van der Waals surface area (Å²) in [6.45, 7) is 11.5. The number of fused-ring (bicyclic) bond motifs is 10. The lowest BCUT2D eigenvalue weighted by Gasteiger charge is -2.32. The van der Waals surface area contributed by atoms with Crippen molar-refractivity contribution in [3.63, 3.8) is 0 Å². The minimum Gasteiger partial charge on any atom is -0.456 e. The second-order valence-electron chi connectivity index (χ2n) is 17.9. The number of anilines is 3. The average molecular weight is 824 g/mol. The molecule has 0 fully saturated rings. The maximum Gasteiger partial charge on any atom is 0.243 e. The van der Waals surface area contributed by atoms with E-state index < -0.39 is 0 Å². The van der Waals surface area contributed by atoms with E-state index in [4.69, 9.17) is 4.74 Å². The van der Waals surface area contributed by atoms with Crippen molar-refractivity contribution < 1.29 is 4.74 Å². The third-order valence-electron chi connectivity index (χ3n) is 13.9. The van der Waals surface area contributed by atoms with Crippen LogP contribution < -0.4 is 26.0 Å². The van der Waals surface area contributed by atoms with Crippen molar-refractivity contribution in [1.29, 1.82) is 0 Å². The Morgan fingerprint density at radius 2 is 1.10 bits per heavy atom. The van der Waals surface area contributed by atoms with Crippen LogP contribution in [0.3, 0.4) is 0 Å². The van der Waals surface area contributed by atoms with Crippen LogP contribution in [0.25, 0.3) is 74.7 Å². The number of aryl methyl sites for hydroxylation is 5. The predicted molar refractivity (Wildman–Crippen MR) is 272 cm³/mol. The second kappa shape index (κ2) is 13.4. The van der Waals surface area contributed by atoms with Crippen LogP contribution >= 0.6 is 11.3 Å². The van der Waals surface area contributed by atoms with Crippen molar-refractivity contribution in [2.45, 2.75) is 34.6 Å². The smallest absolute Gasteiger partial charge is 0.243 e. The molecule has 0 radical (unpaired) electrons. The van der Waals surface area contributed by atoms with Crippen molar-refractivity contribution in [2.75, 3.05) is 4.90 Å². The molecular weight excluding hydrogens is 782 g/mol. The molecule has 0 unspecified atom stereocenters. The van der Waals surface area contributed by atoms with E-state index >= 15 is 0 Å². The number of thiophene rings is 1. The number of para-hydroxylation sites is 1. The Morgan fingerprint density at radius 1 is 0.429 bits per heavy atom. The molecule has 11 aromatic rings. The Bertz CT molecular complexity index is 3770. The quantitative estimate of drug-likeness (QED) is 0.129. The number of ether oxygens (including phenoxy) is 1. The molecule has 298 valence electrons. The average Bonchev–Trinajstić information content (AvgIpc) is 3.67. The number of hydrogen-bond donors (Lipinski definition) is 0. The number of benzene rings is 10. The molecule has 1 aromatic heterocycles. The van der Waals surface area contributed by atoms with Crippen molar-refractivity contribution in [3.05, 3.63) is 192 Å². The minimum atomic E-state index is 0.107. The summed E-state index contributed by atoms with van der Waals surface area (Å²) in [5.74, 6) is 1.76. The fourth-order valence-electron chi connectivity index (χ4n) is 11.6. The van der Waals surface area contributed by atoms with E-state index in [2.05, 4.69) is 203 Å². The van der Waals surface area contributed by atoms with Gasteiger partial charge in [0.25, 0.3) is 0 Å². The van der Waals surface area contributed by atoms with Crippen LogP contribution in [0.1, 0.15) is 27.8 Å². The minimum absolute atomic E-state index is 0.107. The summed E-state index contributed by atoms with van der Waals surface area (Å²) in [5, 5.41) is 10.2. The zero-order valence-electron chi connectivity index (χ0n) is 35.9. The Kier molecular flexibility index (Phi) is 7.78. The number of rotatable bonds is 4. The Morgan fingerprint density at radius 3 is 1.92 bits per heavy atom. The summed E-state index contributed by atoms with van der Waals surface area (Å²) >= 11 is 1.86. The molecule has 0 bridgehead atoms. The molecule has 4 heteroatoms. The maximum absolute atomic E-state index is 7.05. The van der Waals surface area contributed by atoms with Crippen LogP contribution in [-0.2, 0) is 0 Å². The highest BCUT2D eigenvalue weighted by Crippen LogP contribution is 2.52. The number of nitrogens with zero attached hydrogens (tertiary/aromatic N) is 1. The molecule has 63 heavy (non-hydrogen) atoms. The largest absolute Gasteiger partial charge is 0.456 e. The van der Waals surface area contributed by atoms with E-state index in [9.17, 15) is 0 Å². The predicted octanol–water partition coefficient (Wildman–Crippen LogP) is 14.8. The van der Waals surface area contributed by atoms with Gasteiger partial charge in [0.05, 0.1) is 10.4 Å². The van der Waals surface area contributed by atoms with Crippen molar-refractivity contribution in [1.82, 2.24) is 0 Å². The summed E-state index contributed by atoms with van der Waals surface area (Å²) in [6.07, 6.45) is 0. The first kappa shape index (κ1) is 36.5. The van der Waals surface area contributed by atoms with E-state index in [-0.39, 0.29) is 6.71 Å². The summed E-state index contributed by atoms with van der Waals surface area (Å²) in [6, 6.07) is 61.1. The molecule has 0 aliphatic carbocycles. The van der Waals surface area contributed by atoms with Crippen LogP contribution in [0.15, 0.2) is 164 Å². The van der Waals surface area contributed by atoms with Crippen LogP contribution in [0.2, 0.25) is 0 Å². The van der Waals surface area contributed by atoms with Gasteiger partial charge in [0.1, 0.15) is 11.5 Å². The molecule has 2 nitrogen and oxygen atoms in total. The topological polar surface area (TPSA) is 12.5 Å². The fourth-order valence-corrected chi connectivity index (χ4v) is 12.8. The fraction of sp³-hybridized carbons (Fsp3) is 0.0847. The van der Waals surface area contributed by atoms with Gasteiger partial charge in [-0.05, 0) is 127 Å². The zero-order chi connectivity index (χ0) is 42.2. The van der Waals surface area contributed by atoms with Gasteiger partial charge in [-0.15, -0.1) is 11.3 Å². The molecule has 13 rings (SSSR count). The summed E-state index contributed by atoms with van der Waals surface area (Å²) in [5.41, 5.74) is 19.2. The molecule has 0 atom stereocenters. The Labute approximate surface area is 371 Å². The van der Waals surface area contributed by atoms with Crippen LogP contribution in [-0.4, -0.2) is 6.71 Å². The summed E-state index contributed by atoms with van der Waals surface area (Å²) in [7, 11) is 0. The van der Waals surface area contributed by atoms with E-state index in [1.165, 1.54) is 113 Å². The van der Waals surface area contributed by atoms with Crippen molar-refractivity contribution >= 4 is 104 Å². The van der Waals surface area contributed by atoms with Crippen molar-refractivity contribution in [3.8, 4) is 33.8 Å². The van der Waals surface area contributed by atoms with Gasteiger partial charge in [0.2, 0.25) is 6.71 Å². The van der Waals surface area contributed by atoms with E-state index in [0.717, 1.165) is 34.1 Å². The normalized spacial score (nSPS) is 12.6. The van der Waals surface area contributed by atoms with Gasteiger partial charge in [-0.25, -0.2) is 0 Å².